The van der Waals surface area contributed by atoms with Crippen molar-refractivity contribution in [3.05, 3.63) is 29.8 Å². The van der Waals surface area contributed by atoms with Gasteiger partial charge in [0.25, 0.3) is 0 Å². The molecule has 0 aromatic heterocycles. The van der Waals surface area contributed by atoms with Gasteiger partial charge >= 0.3 is 0 Å². The summed E-state index contributed by atoms with van der Waals surface area (Å²) in [5, 5.41) is 3.42. The first-order chi connectivity index (χ1) is 12.0. The van der Waals surface area contributed by atoms with Crippen molar-refractivity contribution < 1.29 is 13.2 Å². The Labute approximate surface area is 157 Å². The molecule has 146 valence electrons. The fraction of sp³-hybridized carbons (Fsp3) is 0.632. The average molecular weight is 382 g/mol. The molecule has 1 N–H and O–H groups in total. The van der Waals surface area contributed by atoms with E-state index in [1.165, 1.54) is 5.56 Å². The lowest BCUT2D eigenvalue weighted by Gasteiger charge is -2.40. The predicted molar refractivity (Wildman–Crippen MR) is 107 cm³/mol. The third-order valence-corrected chi connectivity index (χ3v) is 7.65. The monoisotopic (exact) mass is 381 g/mol. The smallest absolute Gasteiger partial charge is 0.193 e. The van der Waals surface area contributed by atoms with Crippen molar-refractivity contribution >= 4 is 15.8 Å². The van der Waals surface area contributed by atoms with Crippen LogP contribution in [0, 0.1) is 0 Å². The summed E-state index contributed by atoms with van der Waals surface area (Å²) in [7, 11) is 0.329. The van der Waals surface area contributed by atoms with E-state index in [2.05, 4.69) is 36.3 Å². The molecular formula is C19H31N3O3S. The Bertz CT molecular complexity index is 753. The number of benzene rings is 1. The first-order valence-corrected chi connectivity index (χ1v) is 10.5. The molecule has 0 saturated carbocycles. The SMILES string of the molecule is CN=C(NCC(C)(C)c1ccc(OC)cc1)N1CCS(=O)(=O)C(C)(C)C1. The molecule has 1 aliphatic heterocycles. The largest absolute Gasteiger partial charge is 0.497 e. The molecule has 26 heavy (non-hydrogen) atoms. The molecule has 2 rings (SSSR count). The summed E-state index contributed by atoms with van der Waals surface area (Å²) in [6.07, 6.45) is 0. The lowest BCUT2D eigenvalue weighted by atomic mass is 9.84. The van der Waals surface area contributed by atoms with E-state index in [0.717, 1.165) is 11.7 Å². The van der Waals surface area contributed by atoms with E-state index in [-0.39, 0.29) is 11.2 Å². The summed E-state index contributed by atoms with van der Waals surface area (Å²) >= 11 is 0. The zero-order valence-corrected chi connectivity index (χ0v) is 17.5. The number of ether oxygens (including phenoxy) is 1. The fourth-order valence-electron chi connectivity index (χ4n) is 3.10. The van der Waals surface area contributed by atoms with E-state index in [4.69, 9.17) is 4.74 Å². The highest BCUT2D eigenvalue weighted by molar-refractivity contribution is 7.92. The molecule has 1 aliphatic rings. The molecule has 6 nitrogen and oxygen atoms in total. The Morgan fingerprint density at radius 1 is 1.31 bits per heavy atom. The van der Waals surface area contributed by atoms with Gasteiger partial charge in [-0.25, -0.2) is 8.42 Å². The van der Waals surface area contributed by atoms with Crippen LogP contribution in [-0.2, 0) is 15.3 Å². The fourth-order valence-corrected chi connectivity index (χ4v) is 4.47. The minimum atomic E-state index is -3.06. The zero-order valence-electron chi connectivity index (χ0n) is 16.7. The normalized spacial score (nSPS) is 19.9. The molecule has 1 saturated heterocycles. The van der Waals surface area contributed by atoms with Crippen molar-refractivity contribution in [3.8, 4) is 5.75 Å². The summed E-state index contributed by atoms with van der Waals surface area (Å²) in [6, 6.07) is 8.06. The van der Waals surface area contributed by atoms with Crippen LogP contribution in [0.4, 0.5) is 0 Å². The average Bonchev–Trinajstić information content (AvgIpc) is 2.58. The van der Waals surface area contributed by atoms with Gasteiger partial charge in [-0.2, -0.15) is 0 Å². The van der Waals surface area contributed by atoms with Crippen LogP contribution in [0.15, 0.2) is 29.3 Å². The van der Waals surface area contributed by atoms with Crippen LogP contribution in [0.2, 0.25) is 0 Å². The Balaban J connectivity index is 2.06. The third kappa shape index (κ3) is 4.31. The van der Waals surface area contributed by atoms with Crippen molar-refractivity contribution in [2.45, 2.75) is 37.9 Å². The van der Waals surface area contributed by atoms with Crippen molar-refractivity contribution in [1.29, 1.82) is 0 Å². The molecule has 0 spiro atoms. The van der Waals surface area contributed by atoms with E-state index in [1.807, 2.05) is 17.0 Å². The lowest BCUT2D eigenvalue weighted by Crippen LogP contribution is -2.58. The number of methoxy groups -OCH3 is 1. The van der Waals surface area contributed by atoms with Crippen LogP contribution in [0.3, 0.4) is 0 Å². The second kappa shape index (κ2) is 7.47. The minimum absolute atomic E-state index is 0.112. The number of nitrogens with one attached hydrogen (secondary N) is 1. The number of hydrogen-bond acceptors (Lipinski definition) is 4. The van der Waals surface area contributed by atoms with Gasteiger partial charge in [0, 0.05) is 32.1 Å². The third-order valence-electron chi connectivity index (χ3n) is 5.11. The van der Waals surface area contributed by atoms with Crippen molar-refractivity contribution in [3.63, 3.8) is 0 Å². The zero-order chi connectivity index (χ0) is 19.6. The molecule has 1 fully saturated rings. The molecule has 0 radical (unpaired) electrons. The van der Waals surface area contributed by atoms with Gasteiger partial charge in [-0.05, 0) is 31.5 Å². The first kappa shape index (κ1) is 20.6. The van der Waals surface area contributed by atoms with Gasteiger partial charge in [-0.1, -0.05) is 26.0 Å². The van der Waals surface area contributed by atoms with Crippen LogP contribution < -0.4 is 10.1 Å². The van der Waals surface area contributed by atoms with Crippen molar-refractivity contribution in [2.75, 3.05) is 39.5 Å². The van der Waals surface area contributed by atoms with E-state index in [0.29, 0.717) is 19.6 Å². The van der Waals surface area contributed by atoms with Crippen LogP contribution in [0.25, 0.3) is 0 Å². The van der Waals surface area contributed by atoms with E-state index in [9.17, 15) is 8.42 Å². The highest BCUT2D eigenvalue weighted by atomic mass is 32.2. The Hall–Kier alpha value is -1.76. The van der Waals surface area contributed by atoms with Crippen LogP contribution in [-0.4, -0.2) is 63.6 Å². The Morgan fingerprint density at radius 2 is 1.92 bits per heavy atom. The van der Waals surface area contributed by atoms with Gasteiger partial charge in [0.2, 0.25) is 0 Å². The van der Waals surface area contributed by atoms with Crippen LogP contribution >= 0.6 is 0 Å². The van der Waals surface area contributed by atoms with Gasteiger partial charge < -0.3 is 15.0 Å². The summed E-state index contributed by atoms with van der Waals surface area (Å²) in [5.41, 5.74) is 1.09. The molecule has 1 heterocycles. The van der Waals surface area contributed by atoms with Gasteiger partial charge in [-0.3, -0.25) is 4.99 Å². The summed E-state index contributed by atoms with van der Waals surface area (Å²) in [4.78, 5) is 6.40. The van der Waals surface area contributed by atoms with Gasteiger partial charge in [0.1, 0.15) is 5.75 Å². The maximum absolute atomic E-state index is 12.2. The molecular weight excluding hydrogens is 350 g/mol. The maximum atomic E-state index is 12.2. The number of nitrogens with zero attached hydrogens (tertiary/aromatic N) is 2. The molecule has 0 aliphatic carbocycles. The molecule has 1 aromatic rings. The topological polar surface area (TPSA) is 71.0 Å². The van der Waals surface area contributed by atoms with Gasteiger partial charge in [0.05, 0.1) is 17.6 Å². The van der Waals surface area contributed by atoms with Crippen molar-refractivity contribution in [1.82, 2.24) is 10.2 Å². The number of hydrogen-bond donors (Lipinski definition) is 1. The standard InChI is InChI=1S/C19H31N3O3S/c1-18(2,15-7-9-16(25-6)10-8-15)13-21-17(20-5)22-11-12-26(23,24)19(3,4)14-22/h7-10H,11-14H2,1-6H3,(H,20,21). The second-order valence-electron chi connectivity index (χ2n) is 8.01. The first-order valence-electron chi connectivity index (χ1n) is 8.85. The molecule has 0 amide bonds. The van der Waals surface area contributed by atoms with Gasteiger partial charge in [-0.15, -0.1) is 0 Å². The van der Waals surface area contributed by atoms with E-state index < -0.39 is 14.6 Å². The summed E-state index contributed by atoms with van der Waals surface area (Å²) in [6.45, 7) is 9.49. The maximum Gasteiger partial charge on any atom is 0.193 e. The quantitative estimate of drug-likeness (QED) is 0.638. The number of aliphatic imine (C=N–C) groups is 1. The number of sulfone groups is 1. The minimum Gasteiger partial charge on any atom is -0.497 e. The van der Waals surface area contributed by atoms with Gasteiger partial charge in [0.15, 0.2) is 15.8 Å². The highest BCUT2D eigenvalue weighted by Gasteiger charge is 2.41. The Morgan fingerprint density at radius 3 is 2.42 bits per heavy atom. The molecule has 0 bridgehead atoms. The summed E-state index contributed by atoms with van der Waals surface area (Å²) < 4.78 is 28.9. The molecule has 0 atom stereocenters. The highest BCUT2D eigenvalue weighted by Crippen LogP contribution is 2.26. The summed E-state index contributed by atoms with van der Waals surface area (Å²) in [5.74, 6) is 1.74. The van der Waals surface area contributed by atoms with E-state index >= 15 is 0 Å². The van der Waals surface area contributed by atoms with E-state index in [1.54, 1.807) is 28.0 Å². The molecule has 0 unspecified atom stereocenters. The van der Waals surface area contributed by atoms with Crippen molar-refractivity contribution in [2.24, 2.45) is 4.99 Å². The Kier molecular flexibility index (Phi) is 5.90. The second-order valence-corrected chi connectivity index (χ2v) is 10.8. The lowest BCUT2D eigenvalue weighted by molar-refractivity contribution is 0.349. The number of guanidine groups is 1. The van der Waals surface area contributed by atoms with Crippen LogP contribution in [0.1, 0.15) is 33.3 Å². The number of rotatable bonds is 4. The molecule has 7 heteroatoms. The van der Waals surface area contributed by atoms with Crippen LogP contribution in [0.5, 0.6) is 5.75 Å². The molecule has 1 aromatic carbocycles. The predicted octanol–water partition coefficient (Wildman–Crippen LogP) is 2.06.